The van der Waals surface area contributed by atoms with Crippen molar-refractivity contribution in [2.24, 2.45) is 10.8 Å². The average molecular weight is 969 g/mol. The van der Waals surface area contributed by atoms with Crippen molar-refractivity contribution in [3.63, 3.8) is 0 Å². The fourth-order valence-corrected chi connectivity index (χ4v) is 6.90. The molecule has 0 fully saturated rings. The molecule has 5 rings (SSSR count). The number of esters is 2. The van der Waals surface area contributed by atoms with E-state index in [-0.39, 0.29) is 72.4 Å². The number of aromatic nitrogens is 1. The summed E-state index contributed by atoms with van der Waals surface area (Å²) in [5.41, 5.74) is 0.200. The molecule has 1 aromatic heterocycles. The Bertz CT molecular complexity index is 2760. The van der Waals surface area contributed by atoms with E-state index in [1.54, 1.807) is 72.2 Å². The summed E-state index contributed by atoms with van der Waals surface area (Å²) in [6.07, 6.45) is 1.56. The zero-order valence-electron chi connectivity index (χ0n) is 41.7. The number of carbonyl (C=O) groups excluding carboxylic acids is 5. The number of ether oxygens (including phenoxy) is 2. The lowest BCUT2D eigenvalue weighted by atomic mass is 9.91. The number of amides is 3. The van der Waals surface area contributed by atoms with Crippen LogP contribution in [0.15, 0.2) is 72.2 Å². The molecule has 0 aliphatic rings. The number of aromatic carboxylic acids is 1. The Morgan fingerprint density at radius 1 is 0.565 bits per heavy atom. The van der Waals surface area contributed by atoms with Crippen LogP contribution >= 0.6 is 11.3 Å². The number of carboxylic acids is 1. The highest BCUT2D eigenvalue weighted by Gasteiger charge is 2.26. The molecule has 4 N–H and O–H groups in total. The van der Waals surface area contributed by atoms with Gasteiger partial charge in [-0.05, 0) is 148 Å². The standard InChI is InChI=1S/C28H32FN3O4S.C25H30FNO5/c1-16-20(13-18(14-22(16)29)25(35)36-28(5,6)7)19-9-8-17(23(33)31-15-27(2,3)4)12-21(19)24(34)32-26-30-10-11-37-26;1-14-18(11-16(12-20(14)26)23(31)32-25(5,6)7)17-9-8-15(10-19(17)22(29)30)21(28)27-13-24(2,3)4/h8-14H,15H2,1-7H3,(H,31,33)(H,30,32,34);8-12H,13H2,1-7H3,(H,27,28)(H,29,30). The number of hydrogen-bond acceptors (Lipinski definition) is 10. The number of carboxylic acid groups (broad SMARTS) is 1. The third-order valence-electron chi connectivity index (χ3n) is 9.79. The van der Waals surface area contributed by atoms with Gasteiger partial charge in [-0.25, -0.2) is 28.1 Å². The summed E-state index contributed by atoms with van der Waals surface area (Å²) in [6.45, 7) is 26.1. The number of thiazole rings is 1. The van der Waals surface area contributed by atoms with Gasteiger partial charge in [-0.1, -0.05) is 53.7 Å². The van der Waals surface area contributed by atoms with E-state index in [9.17, 15) is 42.7 Å². The van der Waals surface area contributed by atoms with E-state index in [1.165, 1.54) is 54.7 Å². The summed E-state index contributed by atoms with van der Waals surface area (Å²) >= 11 is 1.24. The van der Waals surface area contributed by atoms with Crippen LogP contribution < -0.4 is 16.0 Å². The third-order valence-corrected chi connectivity index (χ3v) is 10.5. The molecule has 368 valence electrons. The fourth-order valence-electron chi connectivity index (χ4n) is 6.38. The molecule has 16 heteroatoms. The number of nitrogens with zero attached hydrogens (tertiary/aromatic N) is 1. The Kier molecular flexibility index (Phi) is 17.2. The van der Waals surface area contributed by atoms with Crippen LogP contribution in [0.3, 0.4) is 0 Å². The SMILES string of the molecule is Cc1c(F)cc(C(=O)OC(C)(C)C)cc1-c1ccc(C(=O)NCC(C)(C)C)cc1C(=O)Nc1nccs1.Cc1c(F)cc(C(=O)OC(C)(C)C)cc1-c1ccc(C(=O)NCC(C)(C)C)cc1C(=O)O. The highest BCUT2D eigenvalue weighted by molar-refractivity contribution is 7.13. The van der Waals surface area contributed by atoms with Crippen LogP contribution in [-0.4, -0.2) is 70.0 Å². The molecule has 0 spiro atoms. The smallest absolute Gasteiger partial charge is 0.338 e. The number of benzene rings is 4. The van der Waals surface area contributed by atoms with Crippen LogP contribution in [0.4, 0.5) is 13.9 Å². The molecule has 0 unspecified atom stereocenters. The van der Waals surface area contributed by atoms with Crippen molar-refractivity contribution in [1.29, 1.82) is 0 Å². The second-order valence-electron chi connectivity index (χ2n) is 20.9. The van der Waals surface area contributed by atoms with E-state index < -0.39 is 52.6 Å². The van der Waals surface area contributed by atoms with Crippen LogP contribution in [0.1, 0.15) is 156 Å². The van der Waals surface area contributed by atoms with Crippen molar-refractivity contribution < 1.29 is 52.1 Å². The molecule has 0 saturated heterocycles. The number of rotatable bonds is 11. The van der Waals surface area contributed by atoms with Gasteiger partial charge in [0.05, 0.1) is 16.7 Å². The van der Waals surface area contributed by atoms with Gasteiger partial charge in [0.1, 0.15) is 22.8 Å². The molecule has 5 aromatic rings. The first kappa shape index (κ1) is 54.8. The molecule has 0 radical (unpaired) electrons. The van der Waals surface area contributed by atoms with Gasteiger partial charge in [0.25, 0.3) is 17.7 Å². The lowest BCUT2D eigenvalue weighted by molar-refractivity contribution is 0.00566. The van der Waals surface area contributed by atoms with E-state index in [2.05, 4.69) is 20.9 Å². The molecule has 1 heterocycles. The number of nitrogens with one attached hydrogen (secondary N) is 3. The minimum Gasteiger partial charge on any atom is -0.478 e. The van der Waals surface area contributed by atoms with Crippen molar-refractivity contribution in [1.82, 2.24) is 15.6 Å². The van der Waals surface area contributed by atoms with Crippen LogP contribution in [0.2, 0.25) is 0 Å². The maximum atomic E-state index is 15.0. The largest absolute Gasteiger partial charge is 0.478 e. The molecule has 69 heavy (non-hydrogen) atoms. The van der Waals surface area contributed by atoms with E-state index in [0.29, 0.717) is 29.3 Å². The first-order chi connectivity index (χ1) is 31.7. The highest BCUT2D eigenvalue weighted by atomic mass is 32.1. The second-order valence-corrected chi connectivity index (χ2v) is 21.8. The Morgan fingerprint density at radius 2 is 0.971 bits per heavy atom. The molecular formula is C53H62F2N4O9S. The zero-order valence-corrected chi connectivity index (χ0v) is 42.5. The Hall–Kier alpha value is -6.81. The first-order valence-corrected chi connectivity index (χ1v) is 23.0. The summed E-state index contributed by atoms with van der Waals surface area (Å²) in [6, 6.07) is 13.9. The molecule has 3 amide bonds. The molecule has 0 aliphatic heterocycles. The number of carbonyl (C=O) groups is 6. The minimum atomic E-state index is -1.27. The van der Waals surface area contributed by atoms with E-state index in [4.69, 9.17) is 9.47 Å². The van der Waals surface area contributed by atoms with Crippen molar-refractivity contribution in [2.75, 3.05) is 18.4 Å². The fraction of sp³-hybridized carbons (Fsp3) is 0.377. The highest BCUT2D eigenvalue weighted by Crippen LogP contribution is 2.34. The number of halogens is 2. The van der Waals surface area contributed by atoms with Gasteiger partial charge in [0.15, 0.2) is 5.13 Å². The van der Waals surface area contributed by atoms with Crippen LogP contribution in [0.5, 0.6) is 0 Å². The maximum Gasteiger partial charge on any atom is 0.338 e. The Labute approximate surface area is 406 Å². The monoisotopic (exact) mass is 968 g/mol. The Morgan fingerprint density at radius 3 is 1.33 bits per heavy atom. The van der Waals surface area contributed by atoms with Crippen molar-refractivity contribution in [3.05, 3.63) is 128 Å². The van der Waals surface area contributed by atoms with E-state index in [1.807, 2.05) is 41.5 Å². The predicted molar refractivity (Wildman–Crippen MR) is 264 cm³/mol. The first-order valence-electron chi connectivity index (χ1n) is 22.1. The summed E-state index contributed by atoms with van der Waals surface area (Å²) in [7, 11) is 0. The Balaban J connectivity index is 0.000000304. The van der Waals surface area contributed by atoms with Crippen molar-refractivity contribution >= 4 is 52.1 Å². The number of hydrogen-bond donors (Lipinski definition) is 4. The molecule has 0 aliphatic carbocycles. The molecule has 0 saturated carbocycles. The average Bonchev–Trinajstić information content (AvgIpc) is 3.75. The summed E-state index contributed by atoms with van der Waals surface area (Å²) in [4.78, 5) is 79.9. The summed E-state index contributed by atoms with van der Waals surface area (Å²) in [5.74, 6) is -5.20. The van der Waals surface area contributed by atoms with Gasteiger partial charge in [0.2, 0.25) is 0 Å². The zero-order chi connectivity index (χ0) is 52.0. The van der Waals surface area contributed by atoms with Crippen LogP contribution in [0, 0.1) is 36.3 Å². The minimum absolute atomic E-state index is 0.0197. The van der Waals surface area contributed by atoms with Crippen molar-refractivity contribution in [3.8, 4) is 22.3 Å². The van der Waals surface area contributed by atoms with Crippen molar-refractivity contribution in [2.45, 2.75) is 108 Å². The van der Waals surface area contributed by atoms with Gasteiger partial charge >= 0.3 is 17.9 Å². The van der Waals surface area contributed by atoms with Gasteiger partial charge in [-0.3, -0.25) is 19.7 Å². The van der Waals surface area contributed by atoms with E-state index >= 15 is 0 Å². The summed E-state index contributed by atoms with van der Waals surface area (Å²) in [5, 5.41) is 20.2. The number of anilines is 1. The lowest BCUT2D eigenvalue weighted by Gasteiger charge is -2.21. The topological polar surface area (TPSA) is 190 Å². The quantitative estimate of drug-likeness (QED) is 0.0927. The van der Waals surface area contributed by atoms with Crippen LogP contribution in [-0.2, 0) is 9.47 Å². The molecule has 13 nitrogen and oxygen atoms in total. The second kappa shape index (κ2) is 21.6. The van der Waals surface area contributed by atoms with Gasteiger partial charge in [0, 0.05) is 41.4 Å². The van der Waals surface area contributed by atoms with E-state index in [0.717, 1.165) is 12.1 Å². The molecular weight excluding hydrogens is 907 g/mol. The third kappa shape index (κ3) is 15.9. The van der Waals surface area contributed by atoms with Gasteiger partial charge < -0.3 is 25.2 Å². The maximum absolute atomic E-state index is 15.0. The normalized spacial score (nSPS) is 11.7. The van der Waals surface area contributed by atoms with Gasteiger partial charge in [-0.15, -0.1) is 11.3 Å². The summed E-state index contributed by atoms with van der Waals surface area (Å²) < 4.78 is 40.4. The predicted octanol–water partition coefficient (Wildman–Crippen LogP) is 11.5. The molecule has 0 bridgehead atoms. The van der Waals surface area contributed by atoms with Gasteiger partial charge in [-0.2, -0.15) is 0 Å². The van der Waals surface area contributed by atoms with Crippen LogP contribution in [0.25, 0.3) is 22.3 Å². The lowest BCUT2D eigenvalue weighted by Crippen LogP contribution is -2.32. The molecule has 4 aromatic carbocycles. The molecule has 0 atom stereocenters.